The van der Waals surface area contributed by atoms with Gasteiger partial charge in [-0.2, -0.15) is 0 Å². The Bertz CT molecular complexity index is 523. The molecule has 0 saturated carbocycles. The molecule has 2 aromatic rings. The molecular formula is C12H14ClN3O. The zero-order chi connectivity index (χ0) is 12.3. The SMILES string of the molecule is CN(Cc1ccc2nc[nH]c2c1)C(=O)CCCl. The molecule has 1 amide bonds. The molecule has 0 atom stereocenters. The molecule has 0 spiro atoms. The number of halogens is 1. The van der Waals surface area contributed by atoms with E-state index in [4.69, 9.17) is 11.6 Å². The minimum atomic E-state index is 0.0599. The second-order valence-corrected chi connectivity index (χ2v) is 4.32. The quantitative estimate of drug-likeness (QED) is 0.847. The second kappa shape index (κ2) is 5.19. The van der Waals surface area contributed by atoms with Gasteiger partial charge in [-0.15, -0.1) is 11.6 Å². The third kappa shape index (κ3) is 2.77. The fourth-order valence-corrected chi connectivity index (χ4v) is 1.88. The smallest absolute Gasteiger partial charge is 0.223 e. The molecule has 0 fully saturated rings. The fourth-order valence-electron chi connectivity index (χ4n) is 1.71. The molecule has 0 saturated heterocycles. The highest BCUT2D eigenvalue weighted by Gasteiger charge is 2.08. The van der Waals surface area contributed by atoms with Gasteiger partial charge in [-0.1, -0.05) is 6.07 Å². The zero-order valence-corrected chi connectivity index (χ0v) is 10.4. The van der Waals surface area contributed by atoms with Crippen molar-refractivity contribution in [1.82, 2.24) is 14.9 Å². The van der Waals surface area contributed by atoms with Crippen LogP contribution in [-0.2, 0) is 11.3 Å². The molecule has 0 unspecified atom stereocenters. The molecule has 5 heteroatoms. The van der Waals surface area contributed by atoms with Gasteiger partial charge in [-0.05, 0) is 17.7 Å². The van der Waals surface area contributed by atoms with Crippen molar-refractivity contribution in [3.05, 3.63) is 30.1 Å². The van der Waals surface area contributed by atoms with Crippen LogP contribution in [-0.4, -0.2) is 33.7 Å². The summed E-state index contributed by atoms with van der Waals surface area (Å²) in [6.45, 7) is 0.588. The summed E-state index contributed by atoms with van der Waals surface area (Å²) in [5.74, 6) is 0.424. The molecule has 90 valence electrons. The second-order valence-electron chi connectivity index (χ2n) is 3.94. The van der Waals surface area contributed by atoms with E-state index in [0.29, 0.717) is 18.8 Å². The lowest BCUT2D eigenvalue weighted by molar-refractivity contribution is -0.129. The molecule has 0 aliphatic heterocycles. The molecule has 17 heavy (non-hydrogen) atoms. The Morgan fingerprint density at radius 1 is 1.53 bits per heavy atom. The van der Waals surface area contributed by atoms with Crippen molar-refractivity contribution in [3.63, 3.8) is 0 Å². The number of amides is 1. The van der Waals surface area contributed by atoms with Gasteiger partial charge in [0, 0.05) is 25.9 Å². The van der Waals surface area contributed by atoms with E-state index in [1.165, 1.54) is 0 Å². The topological polar surface area (TPSA) is 49.0 Å². The number of H-pyrrole nitrogens is 1. The minimum absolute atomic E-state index is 0.0599. The maximum Gasteiger partial charge on any atom is 0.223 e. The van der Waals surface area contributed by atoms with Crippen molar-refractivity contribution in [3.8, 4) is 0 Å². The average Bonchev–Trinajstić information content (AvgIpc) is 2.76. The van der Waals surface area contributed by atoms with Crippen molar-refractivity contribution in [2.75, 3.05) is 12.9 Å². The van der Waals surface area contributed by atoms with Crippen LogP contribution in [0.4, 0.5) is 0 Å². The molecular weight excluding hydrogens is 238 g/mol. The number of hydrogen-bond donors (Lipinski definition) is 1. The number of nitrogens with one attached hydrogen (secondary N) is 1. The number of fused-ring (bicyclic) bond motifs is 1. The Balaban J connectivity index is 2.09. The summed E-state index contributed by atoms with van der Waals surface area (Å²) in [4.78, 5) is 20.5. The van der Waals surface area contributed by atoms with Crippen LogP contribution in [0.1, 0.15) is 12.0 Å². The summed E-state index contributed by atoms with van der Waals surface area (Å²) in [6, 6.07) is 5.93. The molecule has 1 aromatic carbocycles. The number of alkyl halides is 1. The first-order valence-corrected chi connectivity index (χ1v) is 5.96. The van der Waals surface area contributed by atoms with Crippen molar-refractivity contribution in [2.24, 2.45) is 0 Å². The number of carbonyl (C=O) groups is 1. The molecule has 0 radical (unpaired) electrons. The van der Waals surface area contributed by atoms with Crippen LogP contribution in [0.25, 0.3) is 11.0 Å². The number of benzene rings is 1. The Morgan fingerprint density at radius 3 is 3.12 bits per heavy atom. The standard InChI is InChI=1S/C12H14ClN3O/c1-16(12(17)4-5-13)7-9-2-3-10-11(6-9)15-8-14-10/h2-3,6,8H,4-5,7H2,1H3,(H,14,15). The molecule has 1 aromatic heterocycles. The maximum absolute atomic E-state index is 11.6. The summed E-state index contributed by atoms with van der Waals surface area (Å²) in [5, 5.41) is 0. The summed E-state index contributed by atoms with van der Waals surface area (Å²) in [7, 11) is 1.78. The highest BCUT2D eigenvalue weighted by molar-refractivity contribution is 6.18. The Labute approximate surface area is 105 Å². The Hall–Kier alpha value is -1.55. The number of rotatable bonds is 4. The predicted molar refractivity (Wildman–Crippen MR) is 67.9 cm³/mol. The first kappa shape index (κ1) is 11.9. The highest BCUT2D eigenvalue weighted by Crippen LogP contribution is 2.13. The number of imidazole rings is 1. The van der Waals surface area contributed by atoms with Crippen molar-refractivity contribution < 1.29 is 4.79 Å². The summed E-state index contributed by atoms with van der Waals surface area (Å²) in [5.41, 5.74) is 3.00. The Morgan fingerprint density at radius 2 is 2.35 bits per heavy atom. The van der Waals surface area contributed by atoms with E-state index in [-0.39, 0.29) is 5.91 Å². The van der Waals surface area contributed by atoms with Gasteiger partial charge in [0.15, 0.2) is 0 Å². The normalized spacial score (nSPS) is 10.7. The predicted octanol–water partition coefficient (Wildman–Crippen LogP) is 2.15. The first-order chi connectivity index (χ1) is 8.20. The van der Waals surface area contributed by atoms with Crippen LogP contribution in [0.2, 0.25) is 0 Å². The molecule has 1 N–H and O–H groups in total. The fraction of sp³-hybridized carbons (Fsp3) is 0.333. The van der Waals surface area contributed by atoms with Crippen LogP contribution in [0.15, 0.2) is 24.5 Å². The van der Waals surface area contributed by atoms with Crippen molar-refractivity contribution >= 4 is 28.5 Å². The van der Waals surface area contributed by atoms with Crippen molar-refractivity contribution in [2.45, 2.75) is 13.0 Å². The number of nitrogens with zero attached hydrogens (tertiary/aromatic N) is 2. The lowest BCUT2D eigenvalue weighted by Crippen LogP contribution is -2.26. The van der Waals surface area contributed by atoms with Gasteiger partial charge in [-0.25, -0.2) is 4.98 Å². The van der Waals surface area contributed by atoms with Gasteiger partial charge >= 0.3 is 0 Å². The minimum Gasteiger partial charge on any atom is -0.345 e. The summed E-state index contributed by atoms with van der Waals surface area (Å²) >= 11 is 5.55. The maximum atomic E-state index is 11.6. The average molecular weight is 252 g/mol. The molecule has 0 aliphatic rings. The van der Waals surface area contributed by atoms with E-state index in [1.807, 2.05) is 18.2 Å². The van der Waals surface area contributed by atoms with E-state index in [1.54, 1.807) is 18.3 Å². The van der Waals surface area contributed by atoms with E-state index in [0.717, 1.165) is 16.6 Å². The summed E-state index contributed by atoms with van der Waals surface area (Å²) in [6.07, 6.45) is 2.04. The van der Waals surface area contributed by atoms with Crippen molar-refractivity contribution in [1.29, 1.82) is 0 Å². The number of aromatic amines is 1. The number of aromatic nitrogens is 2. The van der Waals surface area contributed by atoms with Gasteiger partial charge in [-0.3, -0.25) is 4.79 Å². The van der Waals surface area contributed by atoms with Gasteiger partial charge < -0.3 is 9.88 Å². The van der Waals surface area contributed by atoms with Crippen LogP contribution in [0, 0.1) is 0 Å². The largest absolute Gasteiger partial charge is 0.345 e. The number of hydrogen-bond acceptors (Lipinski definition) is 2. The van der Waals surface area contributed by atoms with Crippen LogP contribution in [0.3, 0.4) is 0 Å². The number of carbonyl (C=O) groups excluding carboxylic acids is 1. The van der Waals surface area contributed by atoms with Crippen LogP contribution >= 0.6 is 11.6 Å². The monoisotopic (exact) mass is 251 g/mol. The van der Waals surface area contributed by atoms with Gasteiger partial charge in [0.05, 0.1) is 17.4 Å². The lowest BCUT2D eigenvalue weighted by atomic mass is 10.2. The summed E-state index contributed by atoms with van der Waals surface area (Å²) < 4.78 is 0. The van der Waals surface area contributed by atoms with E-state index >= 15 is 0 Å². The molecule has 4 nitrogen and oxygen atoms in total. The van der Waals surface area contributed by atoms with E-state index < -0.39 is 0 Å². The molecule has 1 heterocycles. The third-order valence-electron chi connectivity index (χ3n) is 2.64. The molecule has 0 bridgehead atoms. The van der Waals surface area contributed by atoms with Gasteiger partial charge in [0.2, 0.25) is 5.91 Å². The van der Waals surface area contributed by atoms with Crippen LogP contribution < -0.4 is 0 Å². The third-order valence-corrected chi connectivity index (χ3v) is 2.83. The van der Waals surface area contributed by atoms with Gasteiger partial charge in [0.25, 0.3) is 0 Å². The van der Waals surface area contributed by atoms with E-state index in [9.17, 15) is 4.79 Å². The zero-order valence-electron chi connectivity index (χ0n) is 9.61. The highest BCUT2D eigenvalue weighted by atomic mass is 35.5. The Kier molecular flexibility index (Phi) is 3.64. The first-order valence-electron chi connectivity index (χ1n) is 5.42. The van der Waals surface area contributed by atoms with Gasteiger partial charge in [0.1, 0.15) is 0 Å². The molecule has 2 rings (SSSR count). The lowest BCUT2D eigenvalue weighted by Gasteiger charge is -2.16. The van der Waals surface area contributed by atoms with Crippen LogP contribution in [0.5, 0.6) is 0 Å². The molecule has 0 aliphatic carbocycles. The van der Waals surface area contributed by atoms with E-state index in [2.05, 4.69) is 9.97 Å².